The zero-order valence-electron chi connectivity index (χ0n) is 32.2. The Morgan fingerprint density at radius 1 is 0.934 bits per heavy atom. The van der Waals surface area contributed by atoms with E-state index in [1.54, 1.807) is 47.4 Å². The summed E-state index contributed by atoms with van der Waals surface area (Å²) < 4.78 is 55.5. The van der Waals surface area contributed by atoms with Crippen molar-refractivity contribution in [2.45, 2.75) is 29.8 Å². The number of hydrogen-bond acceptors (Lipinski definition) is 12. The summed E-state index contributed by atoms with van der Waals surface area (Å²) in [7, 11) is -4.09. The summed E-state index contributed by atoms with van der Waals surface area (Å²) >= 11 is 6.62. The molecule has 4 aromatic carbocycles. The summed E-state index contributed by atoms with van der Waals surface area (Å²) in [6.07, 6.45) is 5.19. The van der Waals surface area contributed by atoms with Gasteiger partial charge in [0.15, 0.2) is 18.2 Å². The highest BCUT2D eigenvalue weighted by molar-refractivity contribution is 7.89. The van der Waals surface area contributed by atoms with Crippen LogP contribution in [-0.4, -0.2) is 92.8 Å². The Balaban J connectivity index is 0.979. The third-order valence-corrected chi connectivity index (χ3v) is 12.4. The summed E-state index contributed by atoms with van der Waals surface area (Å²) in [6, 6.07) is 24.6. The van der Waals surface area contributed by atoms with Crippen molar-refractivity contribution in [3.8, 4) is 28.7 Å². The standard InChI is InChI=1S/C43H35ClFN9O6S/c1-2-20-59-43(56)54-29-16-17-30(54)23-52(22-29)41-33-21-46-38(32-12-6-10-26-11-7-13-34(44)36(26)32)37(45)39(33)49-42(50-41)60-24-35(55)48-28-14-18-31(19-15-28)61(57,58)53-25-47-40(51-53)27-8-4-3-5-9-27/h2-15,18-19,21,25,29-30H,1,16-17,20,22-24H2,(H,48,55)/t29-,30+. The maximum absolute atomic E-state index is 16.9. The Labute approximate surface area is 353 Å². The van der Waals surface area contributed by atoms with Crippen LogP contribution < -0.4 is 15.0 Å². The van der Waals surface area contributed by atoms with Crippen LogP contribution in [0.1, 0.15) is 12.8 Å². The van der Waals surface area contributed by atoms with E-state index in [0.29, 0.717) is 45.8 Å². The van der Waals surface area contributed by atoms with E-state index >= 15 is 4.39 Å². The number of carbonyl (C=O) groups is 2. The number of benzene rings is 4. The van der Waals surface area contributed by atoms with Gasteiger partial charge in [-0.3, -0.25) is 14.7 Å². The molecule has 0 aliphatic carbocycles. The van der Waals surface area contributed by atoms with Crippen molar-refractivity contribution in [1.82, 2.24) is 34.0 Å². The zero-order chi connectivity index (χ0) is 42.3. The average Bonchev–Trinajstić information content (AvgIpc) is 3.88. The molecule has 2 aliphatic rings. The molecular formula is C43H35ClFN9O6S. The molecule has 0 unspecified atom stereocenters. The minimum atomic E-state index is -4.09. The van der Waals surface area contributed by atoms with Crippen molar-refractivity contribution in [3.63, 3.8) is 0 Å². The van der Waals surface area contributed by atoms with E-state index in [2.05, 4.69) is 36.9 Å². The first-order valence-electron chi connectivity index (χ1n) is 19.2. The number of carbonyl (C=O) groups excluding carboxylic acids is 2. The average molecular weight is 860 g/mol. The first-order chi connectivity index (χ1) is 29.6. The van der Waals surface area contributed by atoms with Crippen molar-refractivity contribution in [2.75, 3.05) is 36.5 Å². The third kappa shape index (κ3) is 7.57. The number of pyridine rings is 1. The Bertz CT molecular complexity index is 2940. The van der Waals surface area contributed by atoms with Crippen molar-refractivity contribution in [2.24, 2.45) is 0 Å². The maximum Gasteiger partial charge on any atom is 0.410 e. The molecular weight excluding hydrogens is 825 g/mol. The van der Waals surface area contributed by atoms with E-state index in [1.807, 2.05) is 29.2 Å². The molecule has 9 rings (SSSR count). The van der Waals surface area contributed by atoms with Gasteiger partial charge in [0, 0.05) is 46.5 Å². The van der Waals surface area contributed by atoms with E-state index in [9.17, 15) is 18.0 Å². The van der Waals surface area contributed by atoms with Crippen LogP contribution in [0.4, 0.5) is 20.7 Å². The third-order valence-electron chi connectivity index (χ3n) is 10.6. The molecule has 308 valence electrons. The zero-order valence-corrected chi connectivity index (χ0v) is 33.8. The number of piperazine rings is 1. The van der Waals surface area contributed by atoms with Gasteiger partial charge in [0.1, 0.15) is 30.0 Å². The first kappa shape index (κ1) is 39.5. The van der Waals surface area contributed by atoms with Gasteiger partial charge in [-0.25, -0.2) is 14.2 Å². The molecule has 15 nitrogen and oxygen atoms in total. The van der Waals surface area contributed by atoms with Crippen LogP contribution in [0.15, 0.2) is 121 Å². The molecule has 2 atom stereocenters. The molecule has 3 aromatic heterocycles. The Kier molecular flexibility index (Phi) is 10.5. The number of nitrogens with one attached hydrogen (secondary N) is 1. The summed E-state index contributed by atoms with van der Waals surface area (Å²) in [5.41, 5.74) is 1.33. The van der Waals surface area contributed by atoms with E-state index < -0.39 is 34.4 Å². The second kappa shape index (κ2) is 16.2. The fraction of sp³-hybridized carbons (Fsp3) is 0.186. The number of anilines is 2. The number of aromatic nitrogens is 6. The minimum Gasteiger partial charge on any atom is -0.453 e. The van der Waals surface area contributed by atoms with Gasteiger partial charge in [-0.1, -0.05) is 84.9 Å². The maximum atomic E-state index is 16.9. The second-order valence-electron chi connectivity index (χ2n) is 14.4. The molecule has 2 aliphatic heterocycles. The van der Waals surface area contributed by atoms with Gasteiger partial charge in [-0.2, -0.15) is 18.4 Å². The molecule has 2 amide bonds. The van der Waals surface area contributed by atoms with E-state index in [1.165, 1.54) is 36.5 Å². The molecule has 61 heavy (non-hydrogen) atoms. The molecule has 0 spiro atoms. The number of amides is 2. The second-order valence-corrected chi connectivity index (χ2v) is 16.6. The monoisotopic (exact) mass is 859 g/mol. The lowest BCUT2D eigenvalue weighted by molar-refractivity contribution is -0.118. The first-order valence-corrected chi connectivity index (χ1v) is 21.0. The van der Waals surface area contributed by atoms with Crippen LogP contribution >= 0.6 is 11.6 Å². The van der Waals surface area contributed by atoms with Crippen LogP contribution in [0, 0.1) is 5.82 Å². The molecule has 7 aromatic rings. The van der Waals surface area contributed by atoms with Crippen LogP contribution in [0.2, 0.25) is 5.02 Å². The van der Waals surface area contributed by atoms with Crippen molar-refractivity contribution in [1.29, 1.82) is 0 Å². The van der Waals surface area contributed by atoms with E-state index in [0.717, 1.165) is 28.6 Å². The number of rotatable bonds is 11. The molecule has 0 saturated carbocycles. The fourth-order valence-corrected chi connectivity index (χ4v) is 9.15. The van der Waals surface area contributed by atoms with Gasteiger partial charge in [0.2, 0.25) is 0 Å². The smallest absolute Gasteiger partial charge is 0.410 e. The van der Waals surface area contributed by atoms with Gasteiger partial charge in [-0.05, 0) is 48.6 Å². The van der Waals surface area contributed by atoms with Crippen molar-refractivity contribution < 1.29 is 31.9 Å². The molecule has 2 fully saturated rings. The lowest BCUT2D eigenvalue weighted by Gasteiger charge is -2.41. The highest BCUT2D eigenvalue weighted by atomic mass is 35.5. The Morgan fingerprint density at radius 2 is 1.67 bits per heavy atom. The Hall–Kier alpha value is -6.98. The molecule has 2 saturated heterocycles. The quantitative estimate of drug-likeness (QED) is 0.131. The predicted molar refractivity (Wildman–Crippen MR) is 226 cm³/mol. The van der Waals surface area contributed by atoms with Crippen molar-refractivity contribution >= 4 is 66.8 Å². The summed E-state index contributed by atoms with van der Waals surface area (Å²) in [5, 5.41) is 8.97. The predicted octanol–water partition coefficient (Wildman–Crippen LogP) is 7.13. The molecule has 18 heteroatoms. The molecule has 5 heterocycles. The lowest BCUT2D eigenvalue weighted by Crippen LogP contribution is -2.56. The fourth-order valence-electron chi connectivity index (χ4n) is 7.82. The van der Waals surface area contributed by atoms with Gasteiger partial charge >= 0.3 is 12.1 Å². The number of nitrogens with zero attached hydrogens (tertiary/aromatic N) is 8. The SMILES string of the molecule is C=CCOC(=O)N1[C@@H]2CC[C@H]1CN(c1nc(OCC(=O)Nc3ccc(S(=O)(=O)n4cnc(-c5ccccc5)n4)cc3)nc3c(F)c(-c4cccc5cccc(Cl)c45)ncc13)C2. The molecule has 1 N–H and O–H groups in total. The Morgan fingerprint density at radius 3 is 2.41 bits per heavy atom. The van der Waals surface area contributed by atoms with Gasteiger partial charge < -0.3 is 19.7 Å². The van der Waals surface area contributed by atoms with Gasteiger partial charge in [0.05, 0.1) is 22.4 Å². The largest absolute Gasteiger partial charge is 0.453 e. The number of fused-ring (bicyclic) bond motifs is 4. The minimum absolute atomic E-state index is 0.0142. The van der Waals surface area contributed by atoms with Crippen molar-refractivity contribution in [3.05, 3.63) is 127 Å². The van der Waals surface area contributed by atoms with Gasteiger partial charge in [0.25, 0.3) is 15.9 Å². The van der Waals surface area contributed by atoms with Gasteiger partial charge in [-0.15, -0.1) is 9.19 Å². The number of ether oxygens (including phenoxy) is 2. The topological polar surface area (TPSA) is 175 Å². The normalized spacial score (nSPS) is 16.2. The number of hydrogen-bond donors (Lipinski definition) is 1. The summed E-state index contributed by atoms with van der Waals surface area (Å²) in [4.78, 5) is 47.6. The highest BCUT2D eigenvalue weighted by Gasteiger charge is 2.44. The number of halogens is 2. The van der Waals surface area contributed by atoms with Crippen LogP contribution in [-0.2, 0) is 19.6 Å². The van der Waals surface area contributed by atoms with E-state index in [-0.39, 0.29) is 52.3 Å². The van der Waals surface area contributed by atoms with Crippen LogP contribution in [0.5, 0.6) is 6.01 Å². The van der Waals surface area contributed by atoms with Crippen LogP contribution in [0.25, 0.3) is 44.3 Å². The summed E-state index contributed by atoms with van der Waals surface area (Å²) in [5.74, 6) is -0.781. The van der Waals surface area contributed by atoms with E-state index in [4.69, 9.17) is 21.1 Å². The lowest BCUT2D eigenvalue weighted by atomic mass is 10.0. The molecule has 2 bridgehead atoms. The highest BCUT2D eigenvalue weighted by Crippen LogP contribution is 2.39. The molecule has 0 radical (unpaired) electrons. The van der Waals surface area contributed by atoms with Crippen LogP contribution in [0.3, 0.4) is 0 Å². The summed E-state index contributed by atoms with van der Waals surface area (Å²) in [6.45, 7) is 3.88.